The molecule has 0 aliphatic heterocycles. The maximum absolute atomic E-state index is 12.3. The lowest BCUT2D eigenvalue weighted by Crippen LogP contribution is -2.27. The summed E-state index contributed by atoms with van der Waals surface area (Å²) >= 11 is 6.17. The van der Waals surface area contributed by atoms with Gasteiger partial charge in [-0.3, -0.25) is 4.79 Å². The van der Waals surface area contributed by atoms with Crippen LogP contribution in [-0.2, 0) is 21.2 Å². The van der Waals surface area contributed by atoms with Gasteiger partial charge in [0.15, 0.2) is 6.61 Å². The number of ether oxygens (including phenoxy) is 1. The van der Waals surface area contributed by atoms with Gasteiger partial charge >= 0.3 is 0 Å². The lowest BCUT2D eigenvalue weighted by atomic mass is 10.1. The van der Waals surface area contributed by atoms with Gasteiger partial charge in [-0.05, 0) is 48.6 Å². The fourth-order valence-electron chi connectivity index (χ4n) is 2.65. The molecule has 0 spiro atoms. The summed E-state index contributed by atoms with van der Waals surface area (Å²) in [5.74, 6) is 0.105. The van der Waals surface area contributed by atoms with Gasteiger partial charge < -0.3 is 10.1 Å². The van der Waals surface area contributed by atoms with Crippen LogP contribution in [0.25, 0.3) is 0 Å². The number of hydrogen-bond acceptors (Lipinski definition) is 4. The van der Waals surface area contributed by atoms with E-state index in [9.17, 15) is 13.2 Å². The maximum Gasteiger partial charge on any atom is 0.262 e. The molecule has 0 fully saturated rings. The SMILES string of the molecule is CCc1cccc(C)c1NC(=O)COc1ccc(S(=O)(=O)NCC(C)C)cc1Cl. The lowest BCUT2D eigenvalue weighted by Gasteiger charge is -2.14. The Hall–Kier alpha value is -2.09. The van der Waals surface area contributed by atoms with Crippen molar-refractivity contribution in [3.05, 3.63) is 52.5 Å². The van der Waals surface area contributed by atoms with E-state index in [-0.39, 0.29) is 34.1 Å². The molecule has 8 heteroatoms. The average molecular weight is 439 g/mol. The highest BCUT2D eigenvalue weighted by atomic mass is 35.5. The number of hydrogen-bond donors (Lipinski definition) is 2. The lowest BCUT2D eigenvalue weighted by molar-refractivity contribution is -0.118. The van der Waals surface area contributed by atoms with Gasteiger partial charge in [0.2, 0.25) is 10.0 Å². The number of aryl methyl sites for hydroxylation is 2. The van der Waals surface area contributed by atoms with Crippen LogP contribution in [0.3, 0.4) is 0 Å². The highest BCUT2D eigenvalue weighted by Crippen LogP contribution is 2.27. The molecule has 29 heavy (non-hydrogen) atoms. The molecular weight excluding hydrogens is 412 g/mol. The second-order valence-corrected chi connectivity index (χ2v) is 9.31. The van der Waals surface area contributed by atoms with Gasteiger partial charge in [-0.2, -0.15) is 0 Å². The Morgan fingerprint density at radius 1 is 1.21 bits per heavy atom. The van der Waals surface area contributed by atoms with Crippen LogP contribution in [-0.4, -0.2) is 27.5 Å². The molecule has 158 valence electrons. The van der Waals surface area contributed by atoms with Crippen LogP contribution in [0.4, 0.5) is 5.69 Å². The summed E-state index contributed by atoms with van der Waals surface area (Å²) in [5.41, 5.74) is 2.80. The molecule has 6 nitrogen and oxygen atoms in total. The topological polar surface area (TPSA) is 84.5 Å². The molecule has 0 unspecified atom stereocenters. The van der Waals surface area contributed by atoms with E-state index in [1.807, 2.05) is 45.9 Å². The minimum atomic E-state index is -3.65. The number of halogens is 1. The van der Waals surface area contributed by atoms with Crippen molar-refractivity contribution in [3.8, 4) is 5.75 Å². The number of carbonyl (C=O) groups excluding carboxylic acids is 1. The van der Waals surface area contributed by atoms with E-state index in [1.165, 1.54) is 18.2 Å². The third kappa shape index (κ3) is 6.45. The fourth-order valence-corrected chi connectivity index (χ4v) is 4.19. The van der Waals surface area contributed by atoms with E-state index >= 15 is 0 Å². The molecule has 2 aromatic rings. The van der Waals surface area contributed by atoms with Crippen LogP contribution in [0.2, 0.25) is 5.02 Å². The molecule has 1 amide bonds. The molecule has 0 aliphatic rings. The van der Waals surface area contributed by atoms with Gasteiger partial charge in [-0.25, -0.2) is 13.1 Å². The Bertz CT molecular complexity index is 975. The quantitative estimate of drug-likeness (QED) is 0.615. The summed E-state index contributed by atoms with van der Waals surface area (Å²) in [5, 5.41) is 2.99. The van der Waals surface area contributed by atoms with Crippen LogP contribution in [0, 0.1) is 12.8 Å². The summed E-state index contributed by atoms with van der Waals surface area (Å²) in [7, 11) is -3.65. The molecule has 2 N–H and O–H groups in total. The van der Waals surface area contributed by atoms with E-state index in [1.54, 1.807) is 0 Å². The largest absolute Gasteiger partial charge is 0.482 e. The second-order valence-electron chi connectivity index (χ2n) is 7.14. The number of carbonyl (C=O) groups is 1. The summed E-state index contributed by atoms with van der Waals surface area (Å²) < 4.78 is 32.6. The molecule has 0 radical (unpaired) electrons. The number of amides is 1. The molecule has 0 aliphatic carbocycles. The Morgan fingerprint density at radius 2 is 1.93 bits per heavy atom. The molecule has 0 saturated carbocycles. The maximum atomic E-state index is 12.3. The Kier molecular flexibility index (Phi) is 8.07. The van der Waals surface area contributed by atoms with E-state index in [4.69, 9.17) is 16.3 Å². The van der Waals surface area contributed by atoms with Crippen molar-refractivity contribution in [1.82, 2.24) is 4.72 Å². The first-order chi connectivity index (χ1) is 13.6. The number of rotatable bonds is 9. The van der Waals surface area contributed by atoms with E-state index in [0.717, 1.165) is 23.2 Å². The monoisotopic (exact) mass is 438 g/mol. The number of anilines is 1. The molecular formula is C21H27ClN2O4S. The van der Waals surface area contributed by atoms with Crippen LogP contribution in [0.15, 0.2) is 41.3 Å². The highest BCUT2D eigenvalue weighted by molar-refractivity contribution is 7.89. The molecule has 0 heterocycles. The molecule has 2 rings (SSSR count). The third-order valence-electron chi connectivity index (χ3n) is 4.26. The molecule has 0 aromatic heterocycles. The van der Waals surface area contributed by atoms with Crippen molar-refractivity contribution in [2.45, 2.75) is 39.0 Å². The number of sulfonamides is 1. The van der Waals surface area contributed by atoms with Gasteiger partial charge in [-0.1, -0.05) is 50.6 Å². The van der Waals surface area contributed by atoms with Gasteiger partial charge in [0.05, 0.1) is 9.92 Å². The molecule has 0 bridgehead atoms. The zero-order chi connectivity index (χ0) is 21.6. The van der Waals surface area contributed by atoms with Crippen molar-refractivity contribution in [2.75, 3.05) is 18.5 Å². The van der Waals surface area contributed by atoms with Crippen molar-refractivity contribution < 1.29 is 17.9 Å². The van der Waals surface area contributed by atoms with Gasteiger partial charge in [0, 0.05) is 12.2 Å². The summed E-state index contributed by atoms with van der Waals surface area (Å²) in [6, 6.07) is 10.0. The smallest absolute Gasteiger partial charge is 0.262 e. The zero-order valence-electron chi connectivity index (χ0n) is 17.1. The molecule has 0 atom stereocenters. The average Bonchev–Trinajstić information content (AvgIpc) is 2.67. The Labute approximate surface area is 177 Å². The van der Waals surface area contributed by atoms with Gasteiger partial charge in [0.1, 0.15) is 5.75 Å². The first-order valence-corrected chi connectivity index (χ1v) is 11.3. The van der Waals surface area contributed by atoms with Crippen molar-refractivity contribution in [2.24, 2.45) is 5.92 Å². The van der Waals surface area contributed by atoms with Crippen molar-refractivity contribution in [3.63, 3.8) is 0 Å². The van der Waals surface area contributed by atoms with Crippen LogP contribution >= 0.6 is 11.6 Å². The number of nitrogens with one attached hydrogen (secondary N) is 2. The Morgan fingerprint density at radius 3 is 2.55 bits per heavy atom. The van der Waals surface area contributed by atoms with Crippen LogP contribution in [0.1, 0.15) is 31.9 Å². The number of benzene rings is 2. The Balaban J connectivity index is 2.04. The summed E-state index contributed by atoms with van der Waals surface area (Å²) in [6.45, 7) is 7.87. The minimum Gasteiger partial charge on any atom is -0.482 e. The fraction of sp³-hybridized carbons (Fsp3) is 0.381. The zero-order valence-corrected chi connectivity index (χ0v) is 18.7. The molecule has 2 aromatic carbocycles. The summed E-state index contributed by atoms with van der Waals surface area (Å²) in [4.78, 5) is 12.4. The van der Waals surface area contributed by atoms with Crippen LogP contribution in [0.5, 0.6) is 5.75 Å². The van der Waals surface area contributed by atoms with Crippen molar-refractivity contribution in [1.29, 1.82) is 0 Å². The first-order valence-electron chi connectivity index (χ1n) is 9.44. The summed E-state index contributed by atoms with van der Waals surface area (Å²) in [6.07, 6.45) is 0.796. The molecule has 0 saturated heterocycles. The predicted octanol–water partition coefficient (Wildman–Crippen LogP) is 4.16. The van der Waals surface area contributed by atoms with Crippen molar-refractivity contribution >= 4 is 33.2 Å². The normalized spacial score (nSPS) is 11.5. The van der Waals surface area contributed by atoms with Crippen LogP contribution < -0.4 is 14.8 Å². The number of para-hydroxylation sites is 1. The van der Waals surface area contributed by atoms with E-state index in [2.05, 4.69) is 10.0 Å². The minimum absolute atomic E-state index is 0.0486. The van der Waals surface area contributed by atoms with E-state index in [0.29, 0.717) is 6.54 Å². The predicted molar refractivity (Wildman–Crippen MR) is 116 cm³/mol. The second kappa shape index (κ2) is 10.1. The van der Waals surface area contributed by atoms with E-state index < -0.39 is 10.0 Å². The third-order valence-corrected chi connectivity index (χ3v) is 5.98. The standard InChI is InChI=1S/C21H27ClN2O4S/c1-5-16-8-6-7-15(4)21(16)24-20(25)13-28-19-10-9-17(11-18(19)22)29(26,27)23-12-14(2)3/h6-11,14,23H,5,12-13H2,1-4H3,(H,24,25). The van der Waals surface area contributed by atoms with Gasteiger partial charge in [-0.15, -0.1) is 0 Å². The first kappa shape index (κ1) is 23.2. The highest BCUT2D eigenvalue weighted by Gasteiger charge is 2.17. The van der Waals surface area contributed by atoms with Gasteiger partial charge in [0.25, 0.3) is 5.91 Å².